The molecule has 0 aliphatic rings. The number of aryl methyl sites for hydroxylation is 2. The Hall–Kier alpha value is -1.39. The van der Waals surface area contributed by atoms with Crippen LogP contribution in [-0.4, -0.2) is 21.0 Å². The van der Waals surface area contributed by atoms with Crippen LogP contribution in [0.25, 0.3) is 0 Å². The standard InChI is InChI=1S/C15H18ClFN2O/c1-3-19-14(15(16)10(2)18-19)9-12(20)8-11-6-4-5-7-13(11)17/h4-7,12,20H,3,8-9H2,1-2H3. The van der Waals surface area contributed by atoms with Crippen LogP contribution in [0.4, 0.5) is 4.39 Å². The van der Waals surface area contributed by atoms with E-state index < -0.39 is 6.10 Å². The normalized spacial score (nSPS) is 12.7. The minimum absolute atomic E-state index is 0.261. The zero-order valence-electron chi connectivity index (χ0n) is 11.6. The molecule has 1 N–H and O–H groups in total. The molecule has 0 aliphatic carbocycles. The highest BCUT2D eigenvalue weighted by Crippen LogP contribution is 2.22. The summed E-state index contributed by atoms with van der Waals surface area (Å²) in [4.78, 5) is 0. The van der Waals surface area contributed by atoms with E-state index in [1.807, 2.05) is 13.8 Å². The number of nitrogens with zero attached hydrogens (tertiary/aromatic N) is 2. The number of halogens is 2. The molecular weight excluding hydrogens is 279 g/mol. The molecule has 0 radical (unpaired) electrons. The van der Waals surface area contributed by atoms with Crippen LogP contribution in [0.2, 0.25) is 5.02 Å². The third-order valence-electron chi connectivity index (χ3n) is 3.30. The van der Waals surface area contributed by atoms with Crippen molar-refractivity contribution in [2.45, 2.75) is 39.3 Å². The van der Waals surface area contributed by atoms with Gasteiger partial charge in [-0.1, -0.05) is 29.8 Å². The molecule has 2 aromatic rings. The Labute approximate surface area is 123 Å². The van der Waals surface area contributed by atoms with Gasteiger partial charge in [0, 0.05) is 19.4 Å². The van der Waals surface area contributed by atoms with Crippen molar-refractivity contribution < 1.29 is 9.50 Å². The SMILES string of the molecule is CCn1nc(C)c(Cl)c1CC(O)Cc1ccccc1F. The van der Waals surface area contributed by atoms with Crippen LogP contribution in [0.3, 0.4) is 0 Å². The first-order valence-corrected chi connectivity index (χ1v) is 7.04. The summed E-state index contributed by atoms with van der Waals surface area (Å²) in [6.07, 6.45) is -0.0653. The van der Waals surface area contributed by atoms with Gasteiger partial charge in [0.2, 0.25) is 0 Å². The van der Waals surface area contributed by atoms with Gasteiger partial charge < -0.3 is 5.11 Å². The maximum absolute atomic E-state index is 13.6. The largest absolute Gasteiger partial charge is 0.392 e. The van der Waals surface area contributed by atoms with E-state index in [2.05, 4.69) is 5.10 Å². The number of hydrogen-bond donors (Lipinski definition) is 1. The number of aliphatic hydroxyl groups is 1. The van der Waals surface area contributed by atoms with Gasteiger partial charge in [0.15, 0.2) is 0 Å². The average molecular weight is 297 g/mol. The molecule has 5 heteroatoms. The fraction of sp³-hybridized carbons (Fsp3) is 0.400. The summed E-state index contributed by atoms with van der Waals surface area (Å²) < 4.78 is 15.3. The fourth-order valence-corrected chi connectivity index (χ4v) is 2.49. The Morgan fingerprint density at radius 1 is 1.35 bits per heavy atom. The Morgan fingerprint density at radius 3 is 2.70 bits per heavy atom. The highest BCUT2D eigenvalue weighted by atomic mass is 35.5. The second-order valence-corrected chi connectivity index (χ2v) is 5.19. The summed E-state index contributed by atoms with van der Waals surface area (Å²) in [6, 6.07) is 6.48. The van der Waals surface area contributed by atoms with Gasteiger partial charge in [0.05, 0.1) is 22.5 Å². The molecule has 2 rings (SSSR count). The van der Waals surface area contributed by atoms with Crippen LogP contribution < -0.4 is 0 Å². The van der Waals surface area contributed by atoms with Crippen molar-refractivity contribution >= 4 is 11.6 Å². The van der Waals surface area contributed by atoms with Gasteiger partial charge in [-0.3, -0.25) is 4.68 Å². The average Bonchev–Trinajstić information content (AvgIpc) is 2.69. The molecule has 108 valence electrons. The fourth-order valence-electron chi connectivity index (χ4n) is 2.28. The smallest absolute Gasteiger partial charge is 0.126 e. The van der Waals surface area contributed by atoms with E-state index in [9.17, 15) is 9.50 Å². The lowest BCUT2D eigenvalue weighted by molar-refractivity contribution is 0.171. The van der Waals surface area contributed by atoms with Crippen molar-refractivity contribution in [3.05, 3.63) is 52.1 Å². The first-order chi connectivity index (χ1) is 9.52. The third-order valence-corrected chi connectivity index (χ3v) is 3.79. The quantitative estimate of drug-likeness (QED) is 0.920. The highest BCUT2D eigenvalue weighted by molar-refractivity contribution is 6.31. The third kappa shape index (κ3) is 3.19. The van der Waals surface area contributed by atoms with Crippen LogP contribution in [-0.2, 0) is 19.4 Å². The second-order valence-electron chi connectivity index (χ2n) is 4.82. The van der Waals surface area contributed by atoms with Crippen LogP contribution in [0.5, 0.6) is 0 Å². The summed E-state index contributed by atoms with van der Waals surface area (Å²) in [5.41, 5.74) is 2.06. The molecule has 0 amide bonds. The topological polar surface area (TPSA) is 38.0 Å². The summed E-state index contributed by atoms with van der Waals surface area (Å²) in [7, 11) is 0. The van der Waals surface area contributed by atoms with Crippen molar-refractivity contribution in [3.63, 3.8) is 0 Å². The predicted molar refractivity (Wildman–Crippen MR) is 77.5 cm³/mol. The van der Waals surface area contributed by atoms with Crippen molar-refractivity contribution in [3.8, 4) is 0 Å². The Morgan fingerprint density at radius 2 is 2.05 bits per heavy atom. The number of rotatable bonds is 5. The van der Waals surface area contributed by atoms with Crippen LogP contribution in [0, 0.1) is 12.7 Å². The second kappa shape index (κ2) is 6.37. The van der Waals surface area contributed by atoms with E-state index in [0.717, 1.165) is 11.4 Å². The molecule has 0 fully saturated rings. The van der Waals surface area contributed by atoms with Gasteiger partial charge in [-0.05, 0) is 25.5 Å². The van der Waals surface area contributed by atoms with Crippen LogP contribution in [0.1, 0.15) is 23.9 Å². The molecule has 1 unspecified atom stereocenters. The monoisotopic (exact) mass is 296 g/mol. The number of aliphatic hydroxyl groups excluding tert-OH is 1. The molecule has 1 heterocycles. The van der Waals surface area contributed by atoms with E-state index in [1.54, 1.807) is 22.9 Å². The van der Waals surface area contributed by atoms with Crippen LogP contribution >= 0.6 is 11.6 Å². The molecular formula is C15H18ClFN2O. The first kappa shape index (κ1) is 15.0. The van der Waals surface area contributed by atoms with Gasteiger partial charge >= 0.3 is 0 Å². The molecule has 1 atom stereocenters. The predicted octanol–water partition coefficient (Wildman–Crippen LogP) is 3.15. The highest BCUT2D eigenvalue weighted by Gasteiger charge is 2.17. The summed E-state index contributed by atoms with van der Waals surface area (Å²) in [5.74, 6) is -0.294. The lowest BCUT2D eigenvalue weighted by Gasteiger charge is -2.12. The maximum atomic E-state index is 13.6. The number of hydrogen-bond acceptors (Lipinski definition) is 2. The zero-order valence-corrected chi connectivity index (χ0v) is 12.4. The molecule has 0 spiro atoms. The summed E-state index contributed by atoms with van der Waals surface area (Å²) in [5, 5.41) is 15.1. The molecule has 0 saturated heterocycles. The lowest BCUT2D eigenvalue weighted by atomic mass is 10.0. The van der Waals surface area contributed by atoms with Gasteiger partial charge in [-0.15, -0.1) is 0 Å². The maximum Gasteiger partial charge on any atom is 0.126 e. The molecule has 0 bridgehead atoms. The molecule has 3 nitrogen and oxygen atoms in total. The molecule has 20 heavy (non-hydrogen) atoms. The molecule has 0 aliphatic heterocycles. The van der Waals surface area contributed by atoms with Gasteiger partial charge in [-0.25, -0.2) is 4.39 Å². The van der Waals surface area contributed by atoms with Crippen molar-refractivity contribution in [2.75, 3.05) is 0 Å². The van der Waals surface area contributed by atoms with Gasteiger partial charge in [0.1, 0.15) is 5.82 Å². The lowest BCUT2D eigenvalue weighted by Crippen LogP contribution is -2.17. The van der Waals surface area contributed by atoms with Crippen molar-refractivity contribution in [1.82, 2.24) is 9.78 Å². The zero-order chi connectivity index (χ0) is 14.7. The first-order valence-electron chi connectivity index (χ1n) is 6.66. The molecule has 1 aromatic carbocycles. The summed E-state index contributed by atoms with van der Waals surface area (Å²) in [6.45, 7) is 4.49. The van der Waals surface area contributed by atoms with E-state index in [-0.39, 0.29) is 12.2 Å². The van der Waals surface area contributed by atoms with Crippen LogP contribution in [0.15, 0.2) is 24.3 Å². The van der Waals surface area contributed by atoms with E-state index in [4.69, 9.17) is 11.6 Å². The van der Waals surface area contributed by atoms with E-state index in [0.29, 0.717) is 23.6 Å². The van der Waals surface area contributed by atoms with Crippen molar-refractivity contribution in [2.24, 2.45) is 0 Å². The summed E-state index contributed by atoms with van der Waals surface area (Å²) >= 11 is 6.20. The molecule has 1 aromatic heterocycles. The number of benzene rings is 1. The molecule has 0 saturated carbocycles. The Kier molecular flexibility index (Phi) is 4.78. The minimum Gasteiger partial charge on any atom is -0.392 e. The number of aromatic nitrogens is 2. The Balaban J connectivity index is 2.12. The van der Waals surface area contributed by atoms with Gasteiger partial charge in [-0.2, -0.15) is 5.10 Å². The minimum atomic E-state index is -0.689. The Bertz CT molecular complexity index is 598. The van der Waals surface area contributed by atoms with Gasteiger partial charge in [0.25, 0.3) is 0 Å². The van der Waals surface area contributed by atoms with E-state index >= 15 is 0 Å². The van der Waals surface area contributed by atoms with E-state index in [1.165, 1.54) is 6.07 Å². The van der Waals surface area contributed by atoms with Crippen molar-refractivity contribution in [1.29, 1.82) is 0 Å².